The lowest BCUT2D eigenvalue weighted by molar-refractivity contribution is -0.123. The van der Waals surface area contributed by atoms with E-state index in [1.54, 1.807) is 0 Å². The number of hydrogen-bond donors (Lipinski definition) is 2. The molecule has 104 valence electrons. The van der Waals surface area contributed by atoms with Crippen molar-refractivity contribution < 1.29 is 13.9 Å². The fourth-order valence-electron chi connectivity index (χ4n) is 1.38. The number of hydrogen-bond acceptors (Lipinski definition) is 3. The zero-order chi connectivity index (χ0) is 14.4. The summed E-state index contributed by atoms with van der Waals surface area (Å²) in [7, 11) is 0. The molecule has 0 aromatic heterocycles. The third-order valence-electron chi connectivity index (χ3n) is 2.29. The molecule has 6 heteroatoms. The van der Waals surface area contributed by atoms with Crippen LogP contribution < -0.4 is 15.8 Å². The molecule has 0 spiro atoms. The molecule has 19 heavy (non-hydrogen) atoms. The van der Waals surface area contributed by atoms with Crippen molar-refractivity contribution in [2.75, 3.05) is 13.2 Å². The van der Waals surface area contributed by atoms with Gasteiger partial charge in [0, 0.05) is 6.54 Å². The van der Waals surface area contributed by atoms with E-state index >= 15 is 0 Å². The second kappa shape index (κ2) is 7.04. The van der Waals surface area contributed by atoms with Gasteiger partial charge in [0.2, 0.25) is 0 Å². The van der Waals surface area contributed by atoms with Crippen molar-refractivity contribution in [2.24, 2.45) is 11.7 Å². The summed E-state index contributed by atoms with van der Waals surface area (Å²) in [5.41, 5.74) is 5.45. The maximum absolute atomic E-state index is 13.5. The van der Waals surface area contributed by atoms with Gasteiger partial charge in [-0.2, -0.15) is 0 Å². The Morgan fingerprint density at radius 3 is 2.79 bits per heavy atom. The summed E-state index contributed by atoms with van der Waals surface area (Å²) in [4.78, 5) is 11.4. The van der Waals surface area contributed by atoms with Gasteiger partial charge in [0.25, 0.3) is 5.91 Å². The maximum atomic E-state index is 13.5. The molecule has 0 bridgehead atoms. The molecule has 0 saturated heterocycles. The van der Waals surface area contributed by atoms with Crippen LogP contribution in [0.3, 0.4) is 0 Å². The van der Waals surface area contributed by atoms with E-state index in [2.05, 4.69) is 5.32 Å². The second-order valence-corrected chi connectivity index (χ2v) is 4.90. The molecule has 0 heterocycles. The Bertz CT molecular complexity index is 478. The Balaban J connectivity index is 2.65. The van der Waals surface area contributed by atoms with E-state index in [1.165, 1.54) is 18.2 Å². The van der Waals surface area contributed by atoms with E-state index in [4.69, 9.17) is 22.7 Å². The third kappa shape index (κ3) is 4.82. The zero-order valence-corrected chi connectivity index (χ0v) is 11.7. The topological polar surface area (TPSA) is 64.3 Å². The summed E-state index contributed by atoms with van der Waals surface area (Å²) >= 11 is 4.76. The molecular weight excluding hydrogens is 267 g/mol. The van der Waals surface area contributed by atoms with E-state index in [0.29, 0.717) is 12.5 Å². The van der Waals surface area contributed by atoms with E-state index in [1.807, 2.05) is 13.8 Å². The first-order valence-corrected chi connectivity index (χ1v) is 6.30. The van der Waals surface area contributed by atoms with Crippen LogP contribution in [-0.4, -0.2) is 24.0 Å². The standard InChI is InChI=1S/C13H17FN2O2S/c1-8(2)6-16-11(17)7-18-10-5-3-4-9(14)12(10)13(15)19/h3-5,8H,6-7H2,1-2H3,(H2,15,19)(H,16,17). The molecule has 1 aromatic carbocycles. The minimum Gasteiger partial charge on any atom is -0.483 e. The lowest BCUT2D eigenvalue weighted by Crippen LogP contribution is -2.32. The number of nitrogens with one attached hydrogen (secondary N) is 1. The molecule has 0 radical (unpaired) electrons. The Morgan fingerprint density at radius 1 is 1.53 bits per heavy atom. The smallest absolute Gasteiger partial charge is 0.257 e. The first-order valence-electron chi connectivity index (χ1n) is 5.89. The van der Waals surface area contributed by atoms with Crippen LogP contribution in [-0.2, 0) is 4.79 Å². The summed E-state index contributed by atoms with van der Waals surface area (Å²) in [6.07, 6.45) is 0. The molecule has 1 amide bonds. The molecule has 0 saturated carbocycles. The maximum Gasteiger partial charge on any atom is 0.257 e. The highest BCUT2D eigenvalue weighted by Crippen LogP contribution is 2.21. The van der Waals surface area contributed by atoms with Gasteiger partial charge < -0.3 is 15.8 Å². The van der Waals surface area contributed by atoms with Crippen molar-refractivity contribution in [1.29, 1.82) is 0 Å². The Labute approximate surface area is 117 Å². The Morgan fingerprint density at radius 2 is 2.21 bits per heavy atom. The number of nitrogens with two attached hydrogens (primary N) is 1. The van der Waals surface area contributed by atoms with Crippen molar-refractivity contribution >= 4 is 23.1 Å². The van der Waals surface area contributed by atoms with E-state index < -0.39 is 5.82 Å². The monoisotopic (exact) mass is 284 g/mol. The highest BCUT2D eigenvalue weighted by atomic mass is 32.1. The molecule has 4 nitrogen and oxygen atoms in total. The fraction of sp³-hybridized carbons (Fsp3) is 0.385. The van der Waals surface area contributed by atoms with Crippen molar-refractivity contribution in [2.45, 2.75) is 13.8 Å². The Kier molecular flexibility index (Phi) is 5.69. The summed E-state index contributed by atoms with van der Waals surface area (Å²) in [6.45, 7) is 4.33. The van der Waals surface area contributed by atoms with Crippen LogP contribution in [0.5, 0.6) is 5.75 Å². The van der Waals surface area contributed by atoms with Crippen LogP contribution in [0.1, 0.15) is 19.4 Å². The average Bonchev–Trinajstić information content (AvgIpc) is 2.33. The van der Waals surface area contributed by atoms with Crippen LogP contribution in [0.2, 0.25) is 0 Å². The van der Waals surface area contributed by atoms with Gasteiger partial charge in [-0.15, -0.1) is 0 Å². The first-order chi connectivity index (χ1) is 8.91. The zero-order valence-electron chi connectivity index (χ0n) is 10.9. The number of carbonyl (C=O) groups excluding carboxylic acids is 1. The Hall–Kier alpha value is -1.69. The molecule has 0 aliphatic heterocycles. The molecule has 0 atom stereocenters. The van der Waals surface area contributed by atoms with Crippen LogP contribution in [0.15, 0.2) is 18.2 Å². The number of thiocarbonyl (C=S) groups is 1. The summed E-state index contributed by atoms with van der Waals surface area (Å²) < 4.78 is 18.8. The largest absolute Gasteiger partial charge is 0.483 e. The van der Waals surface area contributed by atoms with Gasteiger partial charge >= 0.3 is 0 Å². The summed E-state index contributed by atoms with van der Waals surface area (Å²) in [6, 6.07) is 4.23. The van der Waals surface area contributed by atoms with E-state index in [-0.39, 0.29) is 28.8 Å². The quantitative estimate of drug-likeness (QED) is 0.779. The van der Waals surface area contributed by atoms with Crippen molar-refractivity contribution in [1.82, 2.24) is 5.32 Å². The predicted octanol–water partition coefficient (Wildman–Crippen LogP) is 1.61. The second-order valence-electron chi connectivity index (χ2n) is 4.46. The lowest BCUT2D eigenvalue weighted by Gasteiger charge is -2.12. The number of halogens is 1. The van der Waals surface area contributed by atoms with Gasteiger partial charge in [-0.1, -0.05) is 32.1 Å². The fourth-order valence-corrected chi connectivity index (χ4v) is 1.57. The van der Waals surface area contributed by atoms with E-state index in [0.717, 1.165) is 0 Å². The molecule has 0 unspecified atom stereocenters. The van der Waals surface area contributed by atoms with Crippen LogP contribution in [0.4, 0.5) is 4.39 Å². The molecule has 0 aliphatic rings. The number of rotatable bonds is 6. The highest BCUT2D eigenvalue weighted by molar-refractivity contribution is 7.80. The number of benzene rings is 1. The van der Waals surface area contributed by atoms with Gasteiger partial charge in [0.05, 0.1) is 5.56 Å². The van der Waals surface area contributed by atoms with Gasteiger partial charge in [0.15, 0.2) is 6.61 Å². The van der Waals surface area contributed by atoms with Gasteiger partial charge in [0.1, 0.15) is 16.6 Å². The highest BCUT2D eigenvalue weighted by Gasteiger charge is 2.13. The van der Waals surface area contributed by atoms with Gasteiger partial charge in [-0.05, 0) is 18.1 Å². The predicted molar refractivity (Wildman–Crippen MR) is 75.6 cm³/mol. The third-order valence-corrected chi connectivity index (χ3v) is 2.49. The van der Waals surface area contributed by atoms with Crippen LogP contribution >= 0.6 is 12.2 Å². The van der Waals surface area contributed by atoms with Crippen molar-refractivity contribution in [3.05, 3.63) is 29.6 Å². The summed E-state index contributed by atoms with van der Waals surface area (Å²) in [5, 5.41) is 2.69. The number of amides is 1. The van der Waals surface area contributed by atoms with Crippen LogP contribution in [0, 0.1) is 11.7 Å². The lowest BCUT2D eigenvalue weighted by atomic mass is 10.2. The van der Waals surface area contributed by atoms with Crippen molar-refractivity contribution in [3.8, 4) is 5.75 Å². The SMILES string of the molecule is CC(C)CNC(=O)COc1cccc(F)c1C(N)=S. The molecule has 0 fully saturated rings. The molecular formula is C13H17FN2O2S. The molecule has 1 aromatic rings. The number of ether oxygens (including phenoxy) is 1. The minimum absolute atomic E-state index is 0.0224. The average molecular weight is 284 g/mol. The van der Waals surface area contributed by atoms with Crippen molar-refractivity contribution in [3.63, 3.8) is 0 Å². The van der Waals surface area contributed by atoms with Gasteiger partial charge in [-0.3, -0.25) is 4.79 Å². The summed E-state index contributed by atoms with van der Waals surface area (Å²) in [5.74, 6) is -0.308. The number of carbonyl (C=O) groups is 1. The molecule has 1 rings (SSSR count). The first kappa shape index (κ1) is 15.4. The minimum atomic E-state index is -0.562. The normalized spacial score (nSPS) is 10.3. The molecule has 0 aliphatic carbocycles. The van der Waals surface area contributed by atoms with E-state index in [9.17, 15) is 9.18 Å². The van der Waals surface area contributed by atoms with Gasteiger partial charge in [-0.25, -0.2) is 4.39 Å². The van der Waals surface area contributed by atoms with Crippen LogP contribution in [0.25, 0.3) is 0 Å². The molecule has 3 N–H and O–H groups in total.